The van der Waals surface area contributed by atoms with Crippen molar-refractivity contribution in [2.24, 2.45) is 11.8 Å². The molecule has 7 nitrogen and oxygen atoms in total. The van der Waals surface area contributed by atoms with Crippen molar-refractivity contribution in [3.8, 4) is 5.82 Å². The number of pyridine rings is 1. The number of anilines is 1. The lowest BCUT2D eigenvalue weighted by Gasteiger charge is -2.27. The van der Waals surface area contributed by atoms with Crippen LogP contribution in [0.25, 0.3) is 16.7 Å². The third-order valence-corrected chi connectivity index (χ3v) is 7.35. The van der Waals surface area contributed by atoms with Gasteiger partial charge in [-0.2, -0.15) is 9.78 Å². The summed E-state index contributed by atoms with van der Waals surface area (Å²) in [7, 11) is 0. The van der Waals surface area contributed by atoms with Crippen molar-refractivity contribution in [3.63, 3.8) is 0 Å². The lowest BCUT2D eigenvalue weighted by atomic mass is 9.79. The maximum absolute atomic E-state index is 13.3. The second kappa shape index (κ2) is 11.2. The molecule has 0 radical (unpaired) electrons. The van der Waals surface area contributed by atoms with Gasteiger partial charge < -0.3 is 10.1 Å². The zero-order valence-corrected chi connectivity index (χ0v) is 22.2. The number of aromatic nitrogens is 3. The molecule has 1 fully saturated rings. The van der Waals surface area contributed by atoms with E-state index in [1.807, 2.05) is 19.9 Å². The normalized spacial score (nSPS) is 17.8. The van der Waals surface area contributed by atoms with E-state index in [1.165, 1.54) is 31.0 Å². The van der Waals surface area contributed by atoms with Gasteiger partial charge in [-0.25, -0.2) is 9.78 Å². The molecule has 7 heteroatoms. The summed E-state index contributed by atoms with van der Waals surface area (Å²) < 4.78 is 6.82. The van der Waals surface area contributed by atoms with Crippen molar-refractivity contribution in [2.75, 3.05) is 11.9 Å². The summed E-state index contributed by atoms with van der Waals surface area (Å²) in [6.07, 6.45) is 9.06. The number of aryl methyl sites for hydroxylation is 3. The van der Waals surface area contributed by atoms with E-state index in [2.05, 4.69) is 36.4 Å². The molecule has 2 aromatic heterocycles. The maximum atomic E-state index is 13.3. The van der Waals surface area contributed by atoms with E-state index in [-0.39, 0.29) is 24.0 Å². The summed E-state index contributed by atoms with van der Waals surface area (Å²) in [5, 5.41) is 8.59. The number of benzene rings is 1. The lowest BCUT2D eigenvalue weighted by Crippen LogP contribution is -2.29. The fourth-order valence-electron chi connectivity index (χ4n) is 5.36. The number of ether oxygens (including phenoxy) is 1. The van der Waals surface area contributed by atoms with Crippen molar-refractivity contribution in [1.29, 1.82) is 0 Å². The van der Waals surface area contributed by atoms with Gasteiger partial charge in [0.15, 0.2) is 11.6 Å². The Morgan fingerprint density at radius 3 is 2.50 bits per heavy atom. The number of nitrogens with zero attached hydrogens (tertiary/aromatic N) is 3. The zero-order valence-electron chi connectivity index (χ0n) is 22.2. The number of hydrogen-bond acceptors (Lipinski definition) is 5. The van der Waals surface area contributed by atoms with Crippen molar-refractivity contribution in [3.05, 3.63) is 46.6 Å². The van der Waals surface area contributed by atoms with Crippen LogP contribution in [0.3, 0.4) is 0 Å². The summed E-state index contributed by atoms with van der Waals surface area (Å²) in [5.74, 6) is 0.944. The van der Waals surface area contributed by atoms with Gasteiger partial charge in [0.05, 0.1) is 18.3 Å². The number of unbranched alkanes of at least 4 members (excludes halogenated alkanes) is 1. The van der Waals surface area contributed by atoms with Gasteiger partial charge in [-0.1, -0.05) is 37.8 Å². The number of esters is 1. The van der Waals surface area contributed by atoms with Crippen molar-refractivity contribution >= 4 is 28.6 Å². The number of amides is 1. The molecule has 192 valence electrons. The molecular formula is C29H38N4O3. The largest absolute Gasteiger partial charge is 0.462 e. The predicted octanol–water partition coefficient (Wildman–Crippen LogP) is 6.46. The first-order valence-corrected chi connectivity index (χ1v) is 13.3. The van der Waals surface area contributed by atoms with Gasteiger partial charge in [0, 0.05) is 11.3 Å². The highest BCUT2D eigenvalue weighted by molar-refractivity contribution is 6.01. The van der Waals surface area contributed by atoms with Crippen LogP contribution in [0.2, 0.25) is 0 Å². The summed E-state index contributed by atoms with van der Waals surface area (Å²) >= 11 is 0. The Hall–Kier alpha value is -3.22. The fraction of sp³-hybridized carbons (Fsp3) is 0.517. The highest BCUT2D eigenvalue weighted by Gasteiger charge is 2.29. The number of nitrogens with one attached hydrogen (secondary N) is 1. The molecule has 1 aliphatic rings. The highest BCUT2D eigenvalue weighted by Crippen LogP contribution is 2.33. The SMILES string of the molecule is CCCCC1CCC(C(=O)Nc2c(C(=O)OCC)cnn2-c2cc(C)c3cc(C)cc(C)c3n2)CC1. The first-order chi connectivity index (χ1) is 17.3. The van der Waals surface area contributed by atoms with Crippen LogP contribution in [0.1, 0.15) is 85.8 Å². The van der Waals surface area contributed by atoms with Crippen molar-refractivity contribution < 1.29 is 14.3 Å². The molecule has 1 amide bonds. The first kappa shape index (κ1) is 25.9. The minimum absolute atomic E-state index is 0.0689. The van der Waals surface area contributed by atoms with E-state index in [1.54, 1.807) is 11.6 Å². The molecule has 1 saturated carbocycles. The fourth-order valence-corrected chi connectivity index (χ4v) is 5.36. The molecule has 0 atom stereocenters. The van der Waals surface area contributed by atoms with Gasteiger partial charge in [-0.15, -0.1) is 0 Å². The van der Waals surface area contributed by atoms with Crippen LogP contribution < -0.4 is 5.32 Å². The molecular weight excluding hydrogens is 452 g/mol. The van der Waals surface area contributed by atoms with E-state index in [0.29, 0.717) is 17.6 Å². The van der Waals surface area contributed by atoms with Crippen LogP contribution in [0, 0.1) is 32.6 Å². The van der Waals surface area contributed by atoms with E-state index in [0.717, 1.165) is 47.7 Å². The minimum Gasteiger partial charge on any atom is -0.462 e. The molecule has 1 aromatic carbocycles. The molecule has 0 spiro atoms. The van der Waals surface area contributed by atoms with Crippen LogP contribution in [0.4, 0.5) is 5.82 Å². The standard InChI is InChI=1S/C29H38N4O3/c1-6-8-9-21-10-12-22(13-11-21)28(34)32-27-24(29(35)36-7-2)17-30-33(27)25-16-19(4)23-15-18(3)14-20(5)26(23)31-25/h14-17,21-22H,6-13H2,1-5H3,(H,32,34). The highest BCUT2D eigenvalue weighted by atomic mass is 16.5. The van der Waals surface area contributed by atoms with Gasteiger partial charge in [0.1, 0.15) is 5.56 Å². The van der Waals surface area contributed by atoms with E-state index in [4.69, 9.17) is 9.72 Å². The Labute approximate surface area is 213 Å². The lowest BCUT2D eigenvalue weighted by molar-refractivity contribution is -0.121. The number of carbonyl (C=O) groups is 2. The van der Waals surface area contributed by atoms with Gasteiger partial charge in [0.25, 0.3) is 0 Å². The quantitative estimate of drug-likeness (QED) is 0.366. The van der Waals surface area contributed by atoms with Crippen molar-refractivity contribution in [2.45, 2.75) is 79.6 Å². The number of rotatable bonds is 8. The van der Waals surface area contributed by atoms with Crippen LogP contribution >= 0.6 is 0 Å². The summed E-state index contributed by atoms with van der Waals surface area (Å²) in [6.45, 7) is 10.4. The van der Waals surface area contributed by atoms with Gasteiger partial charge in [-0.05, 0) is 82.6 Å². The average molecular weight is 491 g/mol. The Kier molecular flexibility index (Phi) is 8.07. The molecule has 0 aliphatic heterocycles. The molecule has 1 N–H and O–H groups in total. The van der Waals surface area contributed by atoms with E-state index in [9.17, 15) is 9.59 Å². The molecule has 0 bridgehead atoms. The summed E-state index contributed by atoms with van der Waals surface area (Å²) in [4.78, 5) is 31.0. The number of fused-ring (bicyclic) bond motifs is 1. The second-order valence-corrected chi connectivity index (χ2v) is 10.2. The Morgan fingerprint density at radius 1 is 1.06 bits per heavy atom. The van der Waals surface area contributed by atoms with Crippen LogP contribution in [-0.4, -0.2) is 33.2 Å². The number of hydrogen-bond donors (Lipinski definition) is 1. The minimum atomic E-state index is -0.508. The van der Waals surface area contributed by atoms with Crippen LogP contribution in [0.15, 0.2) is 24.4 Å². The third kappa shape index (κ3) is 5.45. The Balaban J connectivity index is 1.66. The van der Waals surface area contributed by atoms with Gasteiger partial charge in [0.2, 0.25) is 5.91 Å². The topological polar surface area (TPSA) is 86.1 Å². The van der Waals surface area contributed by atoms with E-state index < -0.39 is 5.97 Å². The summed E-state index contributed by atoms with van der Waals surface area (Å²) in [5.41, 5.74) is 4.42. The van der Waals surface area contributed by atoms with Gasteiger partial charge >= 0.3 is 5.97 Å². The smallest absolute Gasteiger partial charge is 0.343 e. The molecule has 1 aliphatic carbocycles. The maximum Gasteiger partial charge on any atom is 0.343 e. The molecule has 0 unspecified atom stereocenters. The van der Waals surface area contributed by atoms with Crippen molar-refractivity contribution in [1.82, 2.24) is 14.8 Å². The van der Waals surface area contributed by atoms with Gasteiger partial charge in [-0.3, -0.25) is 4.79 Å². The first-order valence-electron chi connectivity index (χ1n) is 13.3. The molecule has 2 heterocycles. The second-order valence-electron chi connectivity index (χ2n) is 10.2. The third-order valence-electron chi connectivity index (χ3n) is 7.35. The Bertz CT molecular complexity index is 1260. The monoisotopic (exact) mass is 490 g/mol. The molecule has 36 heavy (non-hydrogen) atoms. The predicted molar refractivity (Wildman–Crippen MR) is 143 cm³/mol. The average Bonchev–Trinajstić information content (AvgIpc) is 3.27. The number of carbonyl (C=O) groups excluding carboxylic acids is 2. The summed E-state index contributed by atoms with van der Waals surface area (Å²) in [6, 6.07) is 6.17. The van der Waals surface area contributed by atoms with Crippen LogP contribution in [-0.2, 0) is 9.53 Å². The van der Waals surface area contributed by atoms with Crippen LogP contribution in [0.5, 0.6) is 0 Å². The molecule has 0 saturated heterocycles. The Morgan fingerprint density at radius 2 is 1.81 bits per heavy atom. The molecule has 4 rings (SSSR count). The molecule has 3 aromatic rings. The van der Waals surface area contributed by atoms with E-state index >= 15 is 0 Å². The zero-order chi connectivity index (χ0) is 25.8.